The molecule has 130 valence electrons. The Labute approximate surface area is 152 Å². The molecular weight excluding hydrogens is 326 g/mol. The summed E-state index contributed by atoms with van der Waals surface area (Å²) < 4.78 is 0. The van der Waals surface area contributed by atoms with Gasteiger partial charge >= 0.3 is 0 Å². The van der Waals surface area contributed by atoms with Gasteiger partial charge < -0.3 is 10.4 Å². The van der Waals surface area contributed by atoms with Crippen molar-refractivity contribution in [3.8, 4) is 5.75 Å². The van der Waals surface area contributed by atoms with Crippen molar-refractivity contribution in [2.24, 2.45) is 0 Å². The van der Waals surface area contributed by atoms with Gasteiger partial charge in [0, 0.05) is 11.3 Å². The minimum atomic E-state index is -0.261. The number of anilines is 1. The number of phenolic OH excluding ortho intramolecular Hbond substituents is 1. The van der Waals surface area contributed by atoms with Crippen molar-refractivity contribution in [1.29, 1.82) is 0 Å². The van der Waals surface area contributed by atoms with Gasteiger partial charge in [0.15, 0.2) is 5.78 Å². The van der Waals surface area contributed by atoms with Gasteiger partial charge in [-0.05, 0) is 48.7 Å². The van der Waals surface area contributed by atoms with Gasteiger partial charge in [0.25, 0.3) is 5.91 Å². The number of nitrogens with one attached hydrogen (secondary N) is 1. The Balaban J connectivity index is 1.85. The fourth-order valence-electron chi connectivity index (χ4n) is 2.81. The lowest BCUT2D eigenvalue weighted by atomic mass is 9.99. The van der Waals surface area contributed by atoms with Crippen LogP contribution in [-0.4, -0.2) is 16.8 Å². The first-order valence-electron chi connectivity index (χ1n) is 8.32. The first kappa shape index (κ1) is 17.4. The second-order valence-electron chi connectivity index (χ2n) is 6.06. The number of amides is 1. The van der Waals surface area contributed by atoms with Crippen LogP contribution in [0.3, 0.4) is 0 Å². The fourth-order valence-corrected chi connectivity index (χ4v) is 2.81. The molecule has 0 saturated carbocycles. The summed E-state index contributed by atoms with van der Waals surface area (Å²) in [6.45, 7) is 1.37. The molecule has 0 fully saturated rings. The van der Waals surface area contributed by atoms with Crippen LogP contribution in [0.1, 0.15) is 38.8 Å². The number of carbonyl (C=O) groups is 2. The zero-order valence-electron chi connectivity index (χ0n) is 14.4. The van der Waals surface area contributed by atoms with E-state index in [1.54, 1.807) is 12.1 Å². The zero-order valence-corrected chi connectivity index (χ0v) is 14.4. The van der Waals surface area contributed by atoms with E-state index in [0.717, 1.165) is 11.1 Å². The molecule has 0 heterocycles. The molecular formula is C22H19NO3. The molecule has 26 heavy (non-hydrogen) atoms. The summed E-state index contributed by atoms with van der Waals surface area (Å²) in [5.74, 6) is -0.611. The molecule has 1 amide bonds. The van der Waals surface area contributed by atoms with Crippen molar-refractivity contribution < 1.29 is 14.7 Å². The van der Waals surface area contributed by atoms with Crippen LogP contribution in [0, 0.1) is 0 Å². The van der Waals surface area contributed by atoms with Crippen LogP contribution < -0.4 is 5.32 Å². The van der Waals surface area contributed by atoms with Gasteiger partial charge in [0.05, 0.1) is 5.56 Å². The van der Waals surface area contributed by atoms with Crippen molar-refractivity contribution in [2.45, 2.75) is 13.3 Å². The standard InChI is InChI=1S/C22H19NO3/c1-15(24)20-14-18(11-12-21(20)25)23-22(26)19-10-6-5-9-17(19)13-16-7-3-2-4-8-16/h2-12,14,25H,13H2,1H3,(H,23,26). The normalized spacial score (nSPS) is 10.3. The lowest BCUT2D eigenvalue weighted by Crippen LogP contribution is -2.14. The van der Waals surface area contributed by atoms with E-state index in [9.17, 15) is 14.7 Å². The van der Waals surface area contributed by atoms with Crippen molar-refractivity contribution in [2.75, 3.05) is 5.32 Å². The number of phenols is 1. The van der Waals surface area contributed by atoms with E-state index < -0.39 is 0 Å². The predicted octanol–water partition coefficient (Wildman–Crippen LogP) is 4.44. The average Bonchev–Trinajstić information content (AvgIpc) is 2.64. The molecule has 3 aromatic carbocycles. The van der Waals surface area contributed by atoms with Gasteiger partial charge in [0.2, 0.25) is 0 Å². The third-order valence-corrected chi connectivity index (χ3v) is 4.13. The maximum atomic E-state index is 12.7. The topological polar surface area (TPSA) is 66.4 Å². The molecule has 0 radical (unpaired) electrons. The summed E-state index contributed by atoms with van der Waals surface area (Å²) in [5.41, 5.74) is 3.26. The Morgan fingerprint density at radius 2 is 1.58 bits per heavy atom. The second kappa shape index (κ2) is 7.66. The molecule has 0 aliphatic heterocycles. The van der Waals surface area contributed by atoms with Crippen molar-refractivity contribution >= 4 is 17.4 Å². The van der Waals surface area contributed by atoms with Crippen LogP contribution in [-0.2, 0) is 6.42 Å². The molecule has 0 bridgehead atoms. The smallest absolute Gasteiger partial charge is 0.255 e. The Bertz CT molecular complexity index is 949. The highest BCUT2D eigenvalue weighted by atomic mass is 16.3. The average molecular weight is 345 g/mol. The van der Waals surface area contributed by atoms with Gasteiger partial charge in [-0.25, -0.2) is 0 Å². The van der Waals surface area contributed by atoms with E-state index in [2.05, 4.69) is 5.32 Å². The minimum absolute atomic E-state index is 0.0972. The van der Waals surface area contributed by atoms with Gasteiger partial charge in [0.1, 0.15) is 5.75 Å². The largest absolute Gasteiger partial charge is 0.507 e. The predicted molar refractivity (Wildman–Crippen MR) is 102 cm³/mol. The summed E-state index contributed by atoms with van der Waals surface area (Å²) in [4.78, 5) is 24.3. The SMILES string of the molecule is CC(=O)c1cc(NC(=O)c2ccccc2Cc2ccccc2)ccc1O. The molecule has 4 heteroatoms. The molecule has 0 unspecified atom stereocenters. The number of aromatic hydroxyl groups is 1. The molecule has 3 aromatic rings. The van der Waals surface area contributed by atoms with E-state index in [-0.39, 0.29) is 23.0 Å². The number of hydrogen-bond acceptors (Lipinski definition) is 3. The van der Waals surface area contributed by atoms with Crippen LogP contribution in [0.2, 0.25) is 0 Å². The van der Waals surface area contributed by atoms with E-state index in [4.69, 9.17) is 0 Å². The summed E-state index contributed by atoms with van der Waals surface area (Å²) in [6.07, 6.45) is 0.651. The van der Waals surface area contributed by atoms with E-state index in [1.165, 1.54) is 19.1 Å². The summed E-state index contributed by atoms with van der Waals surface area (Å²) >= 11 is 0. The van der Waals surface area contributed by atoms with Crippen molar-refractivity contribution in [1.82, 2.24) is 0 Å². The fraction of sp³-hybridized carbons (Fsp3) is 0.0909. The lowest BCUT2D eigenvalue weighted by molar-refractivity contribution is 0.100. The first-order chi connectivity index (χ1) is 12.5. The molecule has 2 N–H and O–H groups in total. The van der Waals surface area contributed by atoms with Crippen molar-refractivity contribution in [3.05, 3.63) is 95.1 Å². The number of Topliss-reactive ketones (excluding diaryl/α,β-unsaturated/α-hetero) is 1. The zero-order chi connectivity index (χ0) is 18.5. The van der Waals surface area contributed by atoms with Crippen LogP contribution >= 0.6 is 0 Å². The highest BCUT2D eigenvalue weighted by Crippen LogP contribution is 2.23. The summed E-state index contributed by atoms with van der Waals surface area (Å²) in [5, 5.41) is 12.5. The van der Waals surface area contributed by atoms with Gasteiger partial charge in [-0.1, -0.05) is 48.5 Å². The highest BCUT2D eigenvalue weighted by Gasteiger charge is 2.13. The first-order valence-corrected chi connectivity index (χ1v) is 8.32. The molecule has 3 rings (SSSR count). The van der Waals surface area contributed by atoms with Crippen LogP contribution in [0.25, 0.3) is 0 Å². The molecule has 0 spiro atoms. The highest BCUT2D eigenvalue weighted by molar-refractivity contribution is 6.06. The Kier molecular flexibility index (Phi) is 5.13. The lowest BCUT2D eigenvalue weighted by Gasteiger charge is -2.11. The van der Waals surface area contributed by atoms with E-state index in [0.29, 0.717) is 17.7 Å². The van der Waals surface area contributed by atoms with E-state index in [1.807, 2.05) is 48.5 Å². The number of rotatable bonds is 5. The number of hydrogen-bond donors (Lipinski definition) is 2. The Morgan fingerprint density at radius 3 is 2.31 bits per heavy atom. The quantitative estimate of drug-likeness (QED) is 0.531. The molecule has 0 aliphatic rings. The Hall–Kier alpha value is -3.40. The van der Waals surface area contributed by atoms with Crippen LogP contribution in [0.15, 0.2) is 72.8 Å². The maximum absolute atomic E-state index is 12.7. The number of carbonyl (C=O) groups excluding carboxylic acids is 2. The van der Waals surface area contributed by atoms with Crippen LogP contribution in [0.5, 0.6) is 5.75 Å². The van der Waals surface area contributed by atoms with Gasteiger partial charge in [-0.2, -0.15) is 0 Å². The second-order valence-corrected chi connectivity index (χ2v) is 6.06. The minimum Gasteiger partial charge on any atom is -0.507 e. The maximum Gasteiger partial charge on any atom is 0.255 e. The summed E-state index contributed by atoms with van der Waals surface area (Å²) in [6, 6.07) is 21.8. The Morgan fingerprint density at radius 1 is 0.885 bits per heavy atom. The summed E-state index contributed by atoms with van der Waals surface area (Å²) in [7, 11) is 0. The number of benzene rings is 3. The molecule has 0 atom stereocenters. The van der Waals surface area contributed by atoms with Gasteiger partial charge in [-0.15, -0.1) is 0 Å². The third-order valence-electron chi connectivity index (χ3n) is 4.13. The van der Waals surface area contributed by atoms with Gasteiger partial charge in [-0.3, -0.25) is 9.59 Å². The molecule has 0 saturated heterocycles. The van der Waals surface area contributed by atoms with Crippen LogP contribution in [0.4, 0.5) is 5.69 Å². The van der Waals surface area contributed by atoms with E-state index >= 15 is 0 Å². The molecule has 0 aliphatic carbocycles. The molecule has 4 nitrogen and oxygen atoms in total. The monoisotopic (exact) mass is 345 g/mol. The molecule has 0 aromatic heterocycles. The number of ketones is 1. The van der Waals surface area contributed by atoms with Crippen molar-refractivity contribution in [3.63, 3.8) is 0 Å². The third kappa shape index (κ3) is 3.98.